The minimum Gasteiger partial charge on any atom is -0.387 e. The zero-order valence-corrected chi connectivity index (χ0v) is 32.3. The minimum absolute atomic E-state index is 0.0156. The van der Waals surface area contributed by atoms with Gasteiger partial charge < -0.3 is 19.9 Å². The van der Waals surface area contributed by atoms with Crippen molar-refractivity contribution >= 4 is 31.8 Å². The first kappa shape index (κ1) is 29.1. The normalized spacial score (nSPS) is 23.7. The first-order valence-corrected chi connectivity index (χ1v) is 22.1. The van der Waals surface area contributed by atoms with E-state index in [1.165, 1.54) is 46.2 Å². The second kappa shape index (κ2) is 17.7. The molecule has 54 heavy (non-hydrogen) atoms. The lowest BCUT2D eigenvalue weighted by Gasteiger charge is -2.30. The molecule has 8 rings (SSSR count). The summed E-state index contributed by atoms with van der Waals surface area (Å²) in [7, 11) is -7.61. The van der Waals surface area contributed by atoms with Crippen LogP contribution in [0.5, 0.6) is 5.75 Å². The van der Waals surface area contributed by atoms with Gasteiger partial charge >= 0.3 is 6.03 Å². The number of sulfonamides is 2. The largest absolute Gasteiger partial charge is 0.387 e. The van der Waals surface area contributed by atoms with Gasteiger partial charge in [-0.15, -0.1) is 5.26 Å². The van der Waals surface area contributed by atoms with Crippen LogP contribution < -0.4 is 19.9 Å². The molecule has 14 heteroatoms. The molecule has 4 aliphatic carbocycles. The average molecular weight is 793 g/mol. The number of carbonyl (C=O) groups excluding carboxylic acids is 1. The molecule has 296 valence electrons. The number of nitrogens with zero attached hydrogens (tertiary/aromatic N) is 3. The number of nitrogens with one attached hydrogen (secondary N) is 2. The van der Waals surface area contributed by atoms with Gasteiger partial charge in [0, 0.05) is 19.4 Å². The Kier molecular flexibility index (Phi) is 9.54. The second-order valence-corrected chi connectivity index (χ2v) is 18.7. The summed E-state index contributed by atoms with van der Waals surface area (Å²) in [4.78, 5) is 15.0. The van der Waals surface area contributed by atoms with Crippen LogP contribution in [0.25, 0.3) is 0 Å². The van der Waals surface area contributed by atoms with E-state index in [2.05, 4.69) is 22.2 Å². The Morgan fingerprint density at radius 3 is 1.63 bits per heavy atom. The molecule has 0 saturated carbocycles. The van der Waals surface area contributed by atoms with E-state index < -0.39 is 63.3 Å². The molecular formula is C40H58N6O6S2. The number of urea groups is 1. The van der Waals surface area contributed by atoms with Gasteiger partial charge in [0.2, 0.25) is 20.0 Å². The number of amides is 2. The lowest BCUT2D eigenvalue weighted by atomic mass is 9.99. The van der Waals surface area contributed by atoms with E-state index in [0.717, 1.165) is 96.6 Å². The molecule has 0 spiro atoms. The summed E-state index contributed by atoms with van der Waals surface area (Å²) in [5, 5.41) is 14.9. The van der Waals surface area contributed by atoms with Crippen LogP contribution in [0.3, 0.4) is 0 Å². The molecular weight excluding hydrogens is 725 g/mol. The van der Waals surface area contributed by atoms with Gasteiger partial charge in [-0.05, 0) is 186 Å². The Labute approximate surface area is 336 Å². The monoisotopic (exact) mass is 792 g/mol. The maximum Gasteiger partial charge on any atom is 0.332 e. The van der Waals surface area contributed by atoms with Crippen LogP contribution in [-0.4, -0.2) is 82.3 Å². The van der Waals surface area contributed by atoms with Crippen molar-refractivity contribution in [3.63, 3.8) is 0 Å². The van der Waals surface area contributed by atoms with Gasteiger partial charge in [0.15, 0.2) is 0 Å². The number of ether oxygens (including phenoxy) is 1. The number of hydrogen-bond donors (Lipinski definition) is 3. The van der Waals surface area contributed by atoms with E-state index >= 15 is 0 Å². The topological polar surface area (TPSA) is 175 Å². The van der Waals surface area contributed by atoms with Gasteiger partial charge in [0.05, 0.1) is 10.5 Å². The fourth-order valence-electron chi connectivity index (χ4n) is 8.83. The Hall–Kier alpha value is -3.22. The van der Waals surface area contributed by atoms with Crippen molar-refractivity contribution in [1.29, 1.82) is 5.26 Å². The zero-order chi connectivity index (χ0) is 47.0. The highest BCUT2D eigenvalue weighted by atomic mass is 32.2. The summed E-state index contributed by atoms with van der Waals surface area (Å²) < 4.78 is 129. The summed E-state index contributed by atoms with van der Waals surface area (Å²) in [6.07, 6.45) is 14.9. The Morgan fingerprint density at radius 1 is 0.778 bits per heavy atom. The van der Waals surface area contributed by atoms with Crippen molar-refractivity contribution in [1.82, 2.24) is 14.5 Å². The lowest BCUT2D eigenvalue weighted by molar-refractivity contribution is 0.240. The van der Waals surface area contributed by atoms with Crippen LogP contribution in [0.15, 0.2) is 12.1 Å². The summed E-state index contributed by atoms with van der Waals surface area (Å²) in [5.74, 6) is 0.903. The van der Waals surface area contributed by atoms with Crippen molar-refractivity contribution in [3.8, 4) is 12.0 Å². The number of rotatable bonds is 7. The Bertz CT molecular complexity index is 2280. The van der Waals surface area contributed by atoms with Crippen LogP contribution in [0, 0.1) is 11.5 Å². The van der Waals surface area contributed by atoms with E-state index in [4.69, 9.17) is 28.8 Å². The van der Waals surface area contributed by atoms with E-state index in [1.54, 1.807) is 0 Å². The highest BCUT2D eigenvalue weighted by Crippen LogP contribution is 2.40. The summed E-state index contributed by atoms with van der Waals surface area (Å²) >= 11 is 0. The Morgan fingerprint density at radius 2 is 1.20 bits per heavy atom. The molecule has 0 bridgehead atoms. The van der Waals surface area contributed by atoms with Gasteiger partial charge in [-0.25, -0.2) is 31.5 Å². The third kappa shape index (κ3) is 9.41. The van der Waals surface area contributed by atoms with Crippen LogP contribution in [0.2, 0.25) is 0 Å². The molecule has 4 N–H and O–H groups in total. The molecule has 0 radical (unpaired) electrons. The molecule has 0 atom stereocenters. The molecule has 12 nitrogen and oxygen atoms in total. The summed E-state index contributed by atoms with van der Waals surface area (Å²) in [6, 6.07) is 3.80. The van der Waals surface area contributed by atoms with Crippen molar-refractivity contribution in [3.05, 3.63) is 56.6 Å². The average Bonchev–Trinajstić information content (AvgIpc) is 4.05. The van der Waals surface area contributed by atoms with Crippen LogP contribution in [0.1, 0.15) is 123 Å². The van der Waals surface area contributed by atoms with Crippen LogP contribution in [-0.2, 0) is 71.4 Å². The van der Waals surface area contributed by atoms with E-state index in [1.807, 2.05) is 6.26 Å². The van der Waals surface area contributed by atoms with Gasteiger partial charge in [0.25, 0.3) is 6.26 Å². The molecule has 2 aromatic rings. The van der Waals surface area contributed by atoms with Crippen LogP contribution in [0.4, 0.5) is 10.5 Å². The van der Waals surface area contributed by atoms with E-state index in [9.17, 15) is 21.6 Å². The third-order valence-corrected chi connectivity index (χ3v) is 14.8. The van der Waals surface area contributed by atoms with Crippen molar-refractivity contribution in [2.24, 2.45) is 5.14 Å². The number of likely N-dealkylation sites (tertiary alicyclic amines) is 2. The summed E-state index contributed by atoms with van der Waals surface area (Å²) in [5.41, 5.74) is 10.9. The first-order valence-electron chi connectivity index (χ1n) is 24.0. The maximum absolute atomic E-state index is 12.8. The smallest absolute Gasteiger partial charge is 0.332 e. The number of hydrogen-bond acceptors (Lipinski definition) is 9. The molecule has 0 aromatic heterocycles. The number of carbonyl (C=O) groups is 1. The number of fused-ring (bicyclic) bond motifs is 4. The fourth-order valence-corrected chi connectivity index (χ4v) is 11.0. The van der Waals surface area contributed by atoms with E-state index in [0.29, 0.717) is 0 Å². The number of nitrogens with two attached hydrogens (primary N) is 1. The molecule has 2 aromatic carbocycles. The second-order valence-electron chi connectivity index (χ2n) is 14.9. The predicted octanol–water partition coefficient (Wildman–Crippen LogP) is 4.88. The third-order valence-electron chi connectivity index (χ3n) is 11.6. The predicted molar refractivity (Wildman–Crippen MR) is 212 cm³/mol. The SMILES string of the molecule is N#COc1c2c(cc3c1CCC3)CCC2.[2H]C([2H])([2H])C([2H])([2H])N1CCC(S(=O)(=O)NC(=O)Nc2c3c(cc4c2CCC4)CCC3)CC1.[2H]C([2H])([2H])C([2H])([2H])N1CCC(S(N)(=O)=O)CC1. The number of piperidine rings is 2. The quantitative estimate of drug-likeness (QED) is 0.330. The van der Waals surface area contributed by atoms with Gasteiger partial charge in [-0.1, -0.05) is 25.8 Å². The van der Waals surface area contributed by atoms with Crippen molar-refractivity contribution in [2.45, 2.75) is 127 Å². The molecule has 2 saturated heterocycles. The molecule has 2 aliphatic heterocycles. The molecule has 2 fully saturated rings. The van der Waals surface area contributed by atoms with E-state index in [-0.39, 0.29) is 51.9 Å². The standard InChI is InChI=1S/C20H29N3O3S.C13H13NO.C7H16N2O2S/c1-2-23-11-9-16(10-12-23)27(25,26)22-20(24)21-19-17-7-3-5-14(17)13-15-6-4-8-18(15)19;14-8-15-13-11-5-1-3-9(11)7-10-4-2-6-12(10)13;1-2-9-5-3-7(4-6-9)12(8,10)11/h13,16H,2-12H2,1H3,(H2,21,22,24);7H,1-6H2;7H,2-6H2,1H3,(H2,8,10,11)/i1D3,2D2;;1D3,2D2. The lowest BCUT2D eigenvalue weighted by Crippen LogP contribution is -2.46. The fraction of sp³-hybridized carbons (Fsp3) is 0.650. The number of primary sulfonamides is 1. The van der Waals surface area contributed by atoms with Crippen molar-refractivity contribution < 1.29 is 40.1 Å². The van der Waals surface area contributed by atoms with Crippen molar-refractivity contribution in [2.75, 3.05) is 44.5 Å². The molecule has 2 heterocycles. The maximum atomic E-state index is 12.8. The zero-order valence-electron chi connectivity index (χ0n) is 40.6. The Balaban J connectivity index is 0.000000178. The van der Waals surface area contributed by atoms with Gasteiger partial charge in [-0.2, -0.15) is 0 Å². The summed E-state index contributed by atoms with van der Waals surface area (Å²) in [6.45, 7) is -10.4. The highest BCUT2D eigenvalue weighted by molar-refractivity contribution is 7.90. The first-order chi connectivity index (χ1) is 29.8. The molecule has 0 unspecified atom stereocenters. The number of anilines is 1. The number of benzene rings is 2. The highest BCUT2D eigenvalue weighted by Gasteiger charge is 2.32. The minimum atomic E-state index is -3.99. The van der Waals surface area contributed by atoms with Crippen LogP contribution >= 0.6 is 0 Å². The number of aryl methyl sites for hydroxylation is 4. The van der Waals surface area contributed by atoms with Gasteiger partial charge in [-0.3, -0.25) is 0 Å². The molecule has 6 aliphatic rings. The van der Waals surface area contributed by atoms with Gasteiger partial charge in [0.1, 0.15) is 5.75 Å². The molecule has 2 amide bonds. The number of nitriles is 1.